The standard InChI is InChI=1S/C14H19NO2/c1-5-17-7-6-13(16)15-14-11(3)8-10(2)9-12(14)4/h6-9H,5H2,1-4H3,(H,15,16). The lowest BCUT2D eigenvalue weighted by molar-refractivity contribution is -0.112. The van der Waals surface area contributed by atoms with Gasteiger partial charge >= 0.3 is 0 Å². The molecule has 0 saturated carbocycles. The number of anilines is 1. The molecule has 0 aromatic heterocycles. The van der Waals surface area contributed by atoms with Crippen LogP contribution in [0.5, 0.6) is 0 Å². The van der Waals surface area contributed by atoms with E-state index in [2.05, 4.69) is 17.4 Å². The molecule has 0 unspecified atom stereocenters. The van der Waals surface area contributed by atoms with Gasteiger partial charge in [0.2, 0.25) is 0 Å². The van der Waals surface area contributed by atoms with Crippen LogP contribution in [0.25, 0.3) is 0 Å². The number of ether oxygens (including phenoxy) is 1. The van der Waals surface area contributed by atoms with Gasteiger partial charge in [-0.05, 0) is 38.8 Å². The van der Waals surface area contributed by atoms with Crippen LogP contribution < -0.4 is 5.32 Å². The molecule has 0 bridgehead atoms. The van der Waals surface area contributed by atoms with Crippen molar-refractivity contribution >= 4 is 11.6 Å². The van der Waals surface area contributed by atoms with Gasteiger partial charge in [0.25, 0.3) is 5.91 Å². The van der Waals surface area contributed by atoms with E-state index in [1.807, 2.05) is 27.7 Å². The minimum Gasteiger partial charge on any atom is -0.501 e. The molecule has 92 valence electrons. The monoisotopic (exact) mass is 233 g/mol. The summed E-state index contributed by atoms with van der Waals surface area (Å²) in [5.74, 6) is -0.173. The van der Waals surface area contributed by atoms with Gasteiger partial charge < -0.3 is 10.1 Å². The Morgan fingerprint density at radius 1 is 1.29 bits per heavy atom. The molecule has 3 heteroatoms. The molecular formula is C14H19NO2. The molecule has 1 aromatic rings. The predicted molar refractivity (Wildman–Crippen MR) is 70.0 cm³/mol. The summed E-state index contributed by atoms with van der Waals surface area (Å²) >= 11 is 0. The van der Waals surface area contributed by atoms with Crippen LogP contribution in [0.4, 0.5) is 5.69 Å². The van der Waals surface area contributed by atoms with E-state index in [1.54, 1.807) is 0 Å². The van der Waals surface area contributed by atoms with Gasteiger partial charge in [0, 0.05) is 11.8 Å². The summed E-state index contributed by atoms with van der Waals surface area (Å²) in [6, 6.07) is 4.10. The van der Waals surface area contributed by atoms with Crippen LogP contribution in [0.2, 0.25) is 0 Å². The van der Waals surface area contributed by atoms with Gasteiger partial charge in [-0.3, -0.25) is 4.79 Å². The highest BCUT2D eigenvalue weighted by molar-refractivity contribution is 6.00. The van der Waals surface area contributed by atoms with Crippen molar-refractivity contribution in [1.82, 2.24) is 0 Å². The fourth-order valence-electron chi connectivity index (χ4n) is 1.75. The lowest BCUT2D eigenvalue weighted by atomic mass is 10.1. The van der Waals surface area contributed by atoms with Gasteiger partial charge in [-0.2, -0.15) is 0 Å². The molecule has 0 aliphatic heterocycles. The molecule has 0 saturated heterocycles. The van der Waals surface area contributed by atoms with Gasteiger partial charge in [0.1, 0.15) is 0 Å². The van der Waals surface area contributed by atoms with E-state index < -0.39 is 0 Å². The van der Waals surface area contributed by atoms with E-state index in [0.29, 0.717) is 6.61 Å². The summed E-state index contributed by atoms with van der Waals surface area (Å²) in [4.78, 5) is 11.6. The Kier molecular flexibility index (Phi) is 4.76. The highest BCUT2D eigenvalue weighted by Gasteiger charge is 2.05. The van der Waals surface area contributed by atoms with Crippen molar-refractivity contribution in [2.75, 3.05) is 11.9 Å². The summed E-state index contributed by atoms with van der Waals surface area (Å²) in [6.07, 6.45) is 2.80. The third-order valence-corrected chi connectivity index (χ3v) is 2.41. The Balaban J connectivity index is 2.78. The highest BCUT2D eigenvalue weighted by Crippen LogP contribution is 2.21. The number of carbonyl (C=O) groups is 1. The number of aryl methyl sites for hydroxylation is 3. The third-order valence-electron chi connectivity index (χ3n) is 2.41. The first kappa shape index (κ1) is 13.3. The second-order valence-corrected chi connectivity index (χ2v) is 4.02. The predicted octanol–water partition coefficient (Wildman–Crippen LogP) is 3.10. The van der Waals surface area contributed by atoms with Gasteiger partial charge in [0.15, 0.2) is 0 Å². The summed E-state index contributed by atoms with van der Waals surface area (Å²) in [6.45, 7) is 8.45. The molecule has 0 aliphatic carbocycles. The average Bonchev–Trinajstić information content (AvgIpc) is 2.24. The maximum atomic E-state index is 11.6. The van der Waals surface area contributed by atoms with Crippen LogP contribution in [0.1, 0.15) is 23.6 Å². The van der Waals surface area contributed by atoms with Crippen LogP contribution in [0.15, 0.2) is 24.5 Å². The van der Waals surface area contributed by atoms with E-state index in [0.717, 1.165) is 16.8 Å². The largest absolute Gasteiger partial charge is 0.501 e. The quantitative estimate of drug-likeness (QED) is 0.641. The van der Waals surface area contributed by atoms with E-state index in [-0.39, 0.29) is 5.91 Å². The van der Waals surface area contributed by atoms with Crippen molar-refractivity contribution in [3.63, 3.8) is 0 Å². The first-order valence-corrected chi connectivity index (χ1v) is 5.71. The summed E-state index contributed by atoms with van der Waals surface area (Å²) < 4.78 is 4.98. The van der Waals surface area contributed by atoms with Crippen molar-refractivity contribution in [1.29, 1.82) is 0 Å². The van der Waals surface area contributed by atoms with Crippen LogP contribution in [0, 0.1) is 20.8 Å². The fraction of sp³-hybridized carbons (Fsp3) is 0.357. The number of carbonyl (C=O) groups excluding carboxylic acids is 1. The summed E-state index contributed by atoms with van der Waals surface area (Å²) in [7, 11) is 0. The van der Waals surface area contributed by atoms with Crippen molar-refractivity contribution in [2.24, 2.45) is 0 Å². The fourth-order valence-corrected chi connectivity index (χ4v) is 1.75. The molecule has 0 aliphatic rings. The van der Waals surface area contributed by atoms with Crippen molar-refractivity contribution in [3.05, 3.63) is 41.2 Å². The number of benzene rings is 1. The maximum Gasteiger partial charge on any atom is 0.251 e. The Hall–Kier alpha value is -1.77. The Morgan fingerprint density at radius 2 is 1.88 bits per heavy atom. The SMILES string of the molecule is CCOC=CC(=O)Nc1c(C)cc(C)cc1C. The molecule has 0 fully saturated rings. The van der Waals surface area contributed by atoms with Crippen LogP contribution in [-0.4, -0.2) is 12.5 Å². The number of hydrogen-bond donors (Lipinski definition) is 1. The first-order valence-electron chi connectivity index (χ1n) is 5.71. The molecule has 0 spiro atoms. The zero-order chi connectivity index (χ0) is 12.8. The van der Waals surface area contributed by atoms with E-state index >= 15 is 0 Å². The summed E-state index contributed by atoms with van der Waals surface area (Å²) in [5.41, 5.74) is 4.21. The van der Waals surface area contributed by atoms with Crippen LogP contribution >= 0.6 is 0 Å². The topological polar surface area (TPSA) is 38.3 Å². The normalized spacial score (nSPS) is 10.6. The molecule has 1 amide bonds. The average molecular weight is 233 g/mol. The highest BCUT2D eigenvalue weighted by atomic mass is 16.5. The number of amides is 1. The van der Waals surface area contributed by atoms with Crippen molar-refractivity contribution < 1.29 is 9.53 Å². The zero-order valence-electron chi connectivity index (χ0n) is 10.8. The lowest BCUT2D eigenvalue weighted by Gasteiger charge is -2.11. The van der Waals surface area contributed by atoms with Crippen molar-refractivity contribution in [3.8, 4) is 0 Å². The molecule has 0 heterocycles. The third kappa shape index (κ3) is 3.94. The molecular weight excluding hydrogens is 214 g/mol. The van der Waals surface area contributed by atoms with E-state index in [4.69, 9.17) is 4.74 Å². The second kappa shape index (κ2) is 6.09. The number of rotatable bonds is 4. The Labute approximate surface area is 102 Å². The van der Waals surface area contributed by atoms with Gasteiger partial charge in [-0.15, -0.1) is 0 Å². The van der Waals surface area contributed by atoms with Gasteiger partial charge in [-0.25, -0.2) is 0 Å². The summed E-state index contributed by atoms with van der Waals surface area (Å²) in [5, 5.41) is 2.86. The molecule has 0 atom stereocenters. The molecule has 0 radical (unpaired) electrons. The van der Waals surface area contributed by atoms with Gasteiger partial charge in [0.05, 0.1) is 12.9 Å². The molecule has 1 rings (SSSR count). The zero-order valence-corrected chi connectivity index (χ0v) is 10.8. The molecule has 1 aromatic carbocycles. The van der Waals surface area contributed by atoms with Crippen molar-refractivity contribution in [2.45, 2.75) is 27.7 Å². The Bertz CT molecular complexity index is 413. The number of hydrogen-bond acceptors (Lipinski definition) is 2. The second-order valence-electron chi connectivity index (χ2n) is 4.02. The minimum absolute atomic E-state index is 0.173. The molecule has 1 N–H and O–H groups in total. The van der Waals surface area contributed by atoms with Gasteiger partial charge in [-0.1, -0.05) is 17.7 Å². The van der Waals surface area contributed by atoms with E-state index in [1.165, 1.54) is 17.9 Å². The Morgan fingerprint density at radius 3 is 2.41 bits per heavy atom. The lowest BCUT2D eigenvalue weighted by Crippen LogP contribution is -2.10. The first-order chi connectivity index (χ1) is 8.04. The maximum absolute atomic E-state index is 11.6. The number of nitrogens with one attached hydrogen (secondary N) is 1. The molecule has 17 heavy (non-hydrogen) atoms. The van der Waals surface area contributed by atoms with Crippen LogP contribution in [-0.2, 0) is 9.53 Å². The van der Waals surface area contributed by atoms with Crippen LogP contribution in [0.3, 0.4) is 0 Å². The smallest absolute Gasteiger partial charge is 0.251 e. The van der Waals surface area contributed by atoms with E-state index in [9.17, 15) is 4.79 Å². The minimum atomic E-state index is -0.173. The molecule has 3 nitrogen and oxygen atoms in total.